The smallest absolute Gasteiger partial charge is 0.210 e. The number of thiazole rings is 1. The van der Waals surface area contributed by atoms with Crippen LogP contribution >= 0.6 is 11.3 Å². The third-order valence-electron chi connectivity index (χ3n) is 5.79. The fourth-order valence-corrected chi connectivity index (χ4v) is 5.36. The molecule has 3 aromatic heterocycles. The number of hydrogen-bond donors (Lipinski definition) is 1. The van der Waals surface area contributed by atoms with Crippen molar-refractivity contribution in [3.63, 3.8) is 0 Å². The topological polar surface area (TPSA) is 77.3 Å². The number of hydrogen-bond acceptors (Lipinski definition) is 7. The highest BCUT2D eigenvalue weighted by molar-refractivity contribution is 7.22. The Morgan fingerprint density at radius 1 is 1.13 bits per heavy atom. The van der Waals surface area contributed by atoms with Gasteiger partial charge in [-0.25, -0.2) is 9.67 Å². The first-order valence-corrected chi connectivity index (χ1v) is 11.2. The van der Waals surface area contributed by atoms with Gasteiger partial charge in [-0.05, 0) is 34.7 Å². The highest BCUT2D eigenvalue weighted by Crippen LogP contribution is 2.28. The summed E-state index contributed by atoms with van der Waals surface area (Å²) >= 11 is 1.78. The number of para-hydroxylation sites is 1. The van der Waals surface area contributed by atoms with E-state index in [4.69, 9.17) is 9.40 Å². The van der Waals surface area contributed by atoms with Gasteiger partial charge in [-0.15, -0.1) is 5.10 Å². The first kappa shape index (κ1) is 19.2. The Morgan fingerprint density at radius 3 is 2.70 bits per heavy atom. The molecule has 0 radical (unpaired) electrons. The summed E-state index contributed by atoms with van der Waals surface area (Å²) in [5.41, 5.74) is 1.09. The van der Waals surface area contributed by atoms with Gasteiger partial charge in [0.25, 0.3) is 0 Å². The molecule has 1 atom stereocenters. The van der Waals surface area contributed by atoms with E-state index in [1.54, 1.807) is 17.6 Å². The number of tetrazole rings is 1. The minimum absolute atomic E-state index is 0.243. The summed E-state index contributed by atoms with van der Waals surface area (Å²) < 4.78 is 8.63. The Labute approximate surface area is 179 Å². The van der Waals surface area contributed by atoms with Crippen LogP contribution in [0.15, 0.2) is 47.1 Å². The highest BCUT2D eigenvalue weighted by Gasteiger charge is 2.35. The van der Waals surface area contributed by atoms with Crippen molar-refractivity contribution in [3.8, 4) is 0 Å². The lowest BCUT2D eigenvalue weighted by molar-refractivity contribution is -0.937. The van der Waals surface area contributed by atoms with Crippen LogP contribution in [0.5, 0.6) is 0 Å². The van der Waals surface area contributed by atoms with Crippen molar-refractivity contribution in [1.29, 1.82) is 0 Å². The molecule has 8 nitrogen and oxygen atoms in total. The molecule has 5 rings (SSSR count). The lowest BCUT2D eigenvalue weighted by Crippen LogP contribution is -3.15. The second-order valence-corrected chi connectivity index (χ2v) is 9.11. The van der Waals surface area contributed by atoms with Crippen LogP contribution in [0.25, 0.3) is 10.2 Å². The van der Waals surface area contributed by atoms with Crippen molar-refractivity contribution in [2.24, 2.45) is 5.92 Å². The van der Waals surface area contributed by atoms with Crippen LogP contribution in [0.2, 0.25) is 0 Å². The largest absolute Gasteiger partial charge is 0.467 e. The van der Waals surface area contributed by atoms with Crippen molar-refractivity contribution in [2.75, 3.05) is 31.1 Å². The molecule has 1 fully saturated rings. The summed E-state index contributed by atoms with van der Waals surface area (Å²) in [6, 6.07) is 12.5. The number of aromatic nitrogens is 5. The van der Waals surface area contributed by atoms with Crippen molar-refractivity contribution in [2.45, 2.75) is 26.4 Å². The molecule has 1 aliphatic rings. The summed E-state index contributed by atoms with van der Waals surface area (Å²) in [5, 5.41) is 13.8. The Hall–Kier alpha value is -2.78. The zero-order valence-corrected chi connectivity index (χ0v) is 18.0. The summed E-state index contributed by atoms with van der Waals surface area (Å²) in [6.45, 7) is 9.10. The molecule has 0 saturated carbocycles. The van der Waals surface area contributed by atoms with E-state index in [0.717, 1.165) is 48.4 Å². The minimum Gasteiger partial charge on any atom is -0.467 e. The van der Waals surface area contributed by atoms with Crippen LogP contribution in [-0.4, -0.2) is 51.4 Å². The lowest BCUT2D eigenvalue weighted by Gasteiger charge is -2.37. The predicted octanol–water partition coefficient (Wildman–Crippen LogP) is 2.03. The number of piperazine rings is 1. The molecule has 1 aromatic carbocycles. The fraction of sp³-hybridized carbons (Fsp3) is 0.429. The first-order chi connectivity index (χ1) is 14.7. The van der Waals surface area contributed by atoms with Gasteiger partial charge < -0.3 is 14.2 Å². The molecule has 0 amide bonds. The molecule has 4 heterocycles. The zero-order valence-electron chi connectivity index (χ0n) is 17.2. The predicted molar refractivity (Wildman–Crippen MR) is 116 cm³/mol. The maximum absolute atomic E-state index is 5.50. The van der Waals surface area contributed by atoms with Gasteiger partial charge >= 0.3 is 0 Å². The molecule has 0 aliphatic carbocycles. The molecule has 0 bridgehead atoms. The van der Waals surface area contributed by atoms with E-state index in [-0.39, 0.29) is 6.04 Å². The van der Waals surface area contributed by atoms with E-state index in [1.165, 1.54) is 9.60 Å². The third kappa shape index (κ3) is 3.70. The van der Waals surface area contributed by atoms with E-state index >= 15 is 0 Å². The fourth-order valence-electron chi connectivity index (χ4n) is 4.34. The lowest BCUT2D eigenvalue weighted by atomic mass is 10.0. The number of nitrogens with zero attached hydrogens (tertiary/aromatic N) is 6. The van der Waals surface area contributed by atoms with Crippen LogP contribution < -0.4 is 9.80 Å². The van der Waals surface area contributed by atoms with Gasteiger partial charge in [0.2, 0.25) is 5.82 Å². The Bertz CT molecular complexity index is 1060. The van der Waals surface area contributed by atoms with Gasteiger partial charge in [0.05, 0.1) is 42.7 Å². The summed E-state index contributed by atoms with van der Waals surface area (Å²) in [5.74, 6) is 2.22. The molecule has 0 unspecified atom stereocenters. The zero-order chi connectivity index (χ0) is 20.5. The summed E-state index contributed by atoms with van der Waals surface area (Å²) in [6.07, 6.45) is 1.69. The van der Waals surface area contributed by atoms with Crippen LogP contribution in [0.1, 0.15) is 31.5 Å². The van der Waals surface area contributed by atoms with E-state index in [1.807, 2.05) is 22.9 Å². The number of benzene rings is 1. The summed E-state index contributed by atoms with van der Waals surface area (Å²) in [7, 11) is 0. The third-order valence-corrected chi connectivity index (χ3v) is 6.89. The van der Waals surface area contributed by atoms with Crippen LogP contribution in [-0.2, 0) is 6.54 Å². The van der Waals surface area contributed by atoms with Crippen molar-refractivity contribution in [3.05, 3.63) is 54.2 Å². The highest BCUT2D eigenvalue weighted by atomic mass is 32.1. The molecule has 30 heavy (non-hydrogen) atoms. The minimum atomic E-state index is 0.243. The number of anilines is 1. The molecular weight excluding hydrogens is 398 g/mol. The monoisotopic (exact) mass is 424 g/mol. The van der Waals surface area contributed by atoms with Gasteiger partial charge in [0.1, 0.15) is 12.3 Å². The Morgan fingerprint density at radius 2 is 1.97 bits per heavy atom. The van der Waals surface area contributed by atoms with Gasteiger partial charge in [-0.2, -0.15) is 0 Å². The molecule has 9 heteroatoms. The molecule has 1 saturated heterocycles. The van der Waals surface area contributed by atoms with Crippen molar-refractivity contribution >= 4 is 26.7 Å². The Balaban J connectivity index is 1.32. The normalized spacial score (nSPS) is 16.6. The number of nitrogens with one attached hydrogen (secondary N) is 1. The molecule has 1 aliphatic heterocycles. The maximum atomic E-state index is 5.50. The molecular formula is C21H26N7OS+. The molecule has 1 N–H and O–H groups in total. The van der Waals surface area contributed by atoms with Gasteiger partial charge in [-0.1, -0.05) is 37.3 Å². The standard InChI is InChI=1S/C21H25N7OS/c1-15(2)19(20-23-24-25-28(20)14-16-6-5-13-29-16)26-9-11-27(12-10-26)21-22-17-7-3-4-8-18(17)30-21/h3-8,13,15,19H,9-12,14H2,1-2H3/p+1/t19-/m0/s1. The van der Waals surface area contributed by atoms with E-state index in [9.17, 15) is 0 Å². The second-order valence-electron chi connectivity index (χ2n) is 8.11. The average Bonchev–Trinajstić information content (AvgIpc) is 3.50. The van der Waals surface area contributed by atoms with Crippen LogP contribution in [0, 0.1) is 5.92 Å². The summed E-state index contributed by atoms with van der Waals surface area (Å²) in [4.78, 5) is 8.78. The first-order valence-electron chi connectivity index (χ1n) is 10.4. The van der Waals surface area contributed by atoms with Gasteiger partial charge in [0, 0.05) is 5.92 Å². The maximum Gasteiger partial charge on any atom is 0.210 e. The molecule has 4 aromatic rings. The van der Waals surface area contributed by atoms with Crippen molar-refractivity contribution < 1.29 is 9.32 Å². The number of rotatable bonds is 6. The van der Waals surface area contributed by atoms with E-state index in [0.29, 0.717) is 12.5 Å². The molecule has 0 spiro atoms. The van der Waals surface area contributed by atoms with Crippen molar-refractivity contribution in [1.82, 2.24) is 25.2 Å². The number of fused-ring (bicyclic) bond motifs is 1. The van der Waals surface area contributed by atoms with Crippen LogP contribution in [0.3, 0.4) is 0 Å². The quantitative estimate of drug-likeness (QED) is 0.510. The van der Waals surface area contributed by atoms with Crippen LogP contribution in [0.4, 0.5) is 5.13 Å². The van der Waals surface area contributed by atoms with E-state index in [2.05, 4.69) is 52.5 Å². The SMILES string of the molecule is CC(C)[C@@H](c1nnnn1Cc1ccco1)[NH+]1CCN(c2nc3ccccc3s2)CC1. The van der Waals surface area contributed by atoms with Gasteiger partial charge in [-0.3, -0.25) is 0 Å². The number of furan rings is 1. The second kappa shape index (κ2) is 8.16. The van der Waals surface area contributed by atoms with Gasteiger partial charge in [0.15, 0.2) is 11.2 Å². The number of quaternary nitrogens is 1. The average molecular weight is 425 g/mol. The van der Waals surface area contributed by atoms with E-state index < -0.39 is 0 Å². The Kier molecular flexibility index (Phi) is 5.22. The molecule has 156 valence electrons.